The third-order valence-corrected chi connectivity index (χ3v) is 3.80. The van der Waals surface area contributed by atoms with E-state index in [1.54, 1.807) is 18.2 Å². The molecule has 3 aromatic rings. The summed E-state index contributed by atoms with van der Waals surface area (Å²) in [5, 5.41) is 1.69. The lowest BCUT2D eigenvalue weighted by Gasteiger charge is -2.03. The standard InChI is InChI=1S/C15H9BrClNO2/c16-8-9-2-1-3-10(6-9)14-18-13-7-11(17)4-5-12(13)15(19)20-14/h1-7H,8H2. The average molecular weight is 351 g/mol. The molecular formula is C15H9BrClNO2. The van der Waals surface area contributed by atoms with Crippen LogP contribution < -0.4 is 5.63 Å². The van der Waals surface area contributed by atoms with E-state index < -0.39 is 5.63 Å². The maximum absolute atomic E-state index is 12.0. The number of halogens is 2. The third kappa shape index (κ3) is 2.49. The molecule has 3 nitrogen and oxygen atoms in total. The summed E-state index contributed by atoms with van der Waals surface area (Å²) in [6.07, 6.45) is 0. The Kier molecular flexibility index (Phi) is 3.59. The number of aromatic nitrogens is 1. The van der Waals surface area contributed by atoms with Crippen LogP contribution in [0.4, 0.5) is 0 Å². The number of nitrogens with zero attached hydrogens (tertiary/aromatic N) is 1. The van der Waals surface area contributed by atoms with E-state index in [1.165, 1.54) is 0 Å². The van der Waals surface area contributed by atoms with Gasteiger partial charge in [0, 0.05) is 15.9 Å². The lowest BCUT2D eigenvalue weighted by molar-refractivity contribution is 0.518. The molecule has 20 heavy (non-hydrogen) atoms. The summed E-state index contributed by atoms with van der Waals surface area (Å²) in [5.74, 6) is 0.299. The van der Waals surface area contributed by atoms with Gasteiger partial charge in [0.1, 0.15) is 0 Å². The number of hydrogen-bond acceptors (Lipinski definition) is 3. The minimum Gasteiger partial charge on any atom is -0.403 e. The zero-order valence-electron chi connectivity index (χ0n) is 10.3. The smallest absolute Gasteiger partial charge is 0.347 e. The van der Waals surface area contributed by atoms with Crippen LogP contribution in [0, 0.1) is 0 Å². The second-order valence-corrected chi connectivity index (χ2v) is 5.30. The van der Waals surface area contributed by atoms with Crippen molar-refractivity contribution in [2.45, 2.75) is 5.33 Å². The fourth-order valence-electron chi connectivity index (χ4n) is 1.96. The molecule has 1 heterocycles. The van der Waals surface area contributed by atoms with E-state index in [0.29, 0.717) is 21.8 Å². The minimum atomic E-state index is -0.411. The Morgan fingerprint density at radius 2 is 2.05 bits per heavy atom. The Hall–Kier alpha value is -1.65. The van der Waals surface area contributed by atoms with Crippen molar-refractivity contribution in [1.82, 2.24) is 4.98 Å². The summed E-state index contributed by atoms with van der Waals surface area (Å²) >= 11 is 9.34. The Morgan fingerprint density at radius 1 is 1.20 bits per heavy atom. The summed E-state index contributed by atoms with van der Waals surface area (Å²) in [6.45, 7) is 0. The van der Waals surface area contributed by atoms with Gasteiger partial charge in [-0.2, -0.15) is 0 Å². The Bertz CT molecular complexity index is 845. The largest absolute Gasteiger partial charge is 0.403 e. The fraction of sp³-hybridized carbons (Fsp3) is 0.0667. The van der Waals surface area contributed by atoms with Crippen LogP contribution in [0.3, 0.4) is 0 Å². The van der Waals surface area contributed by atoms with Gasteiger partial charge in [0.25, 0.3) is 0 Å². The van der Waals surface area contributed by atoms with Crippen molar-refractivity contribution >= 4 is 38.4 Å². The molecule has 0 amide bonds. The molecule has 0 bridgehead atoms. The molecule has 2 aromatic carbocycles. The molecule has 100 valence electrons. The maximum atomic E-state index is 12.0. The summed E-state index contributed by atoms with van der Waals surface area (Å²) in [5.41, 5.74) is 1.97. The highest BCUT2D eigenvalue weighted by Gasteiger charge is 2.09. The predicted molar refractivity (Wildman–Crippen MR) is 83.4 cm³/mol. The molecule has 1 aromatic heterocycles. The summed E-state index contributed by atoms with van der Waals surface area (Å²) < 4.78 is 5.29. The van der Waals surface area contributed by atoms with Crippen LogP contribution in [0.15, 0.2) is 51.7 Å². The van der Waals surface area contributed by atoms with Gasteiger partial charge in [0.2, 0.25) is 5.89 Å². The Labute approximate surface area is 128 Å². The first kappa shape index (κ1) is 13.3. The maximum Gasteiger partial charge on any atom is 0.347 e. The first-order valence-corrected chi connectivity index (χ1v) is 7.43. The second-order valence-electron chi connectivity index (χ2n) is 4.30. The van der Waals surface area contributed by atoms with Crippen molar-refractivity contribution in [2.24, 2.45) is 0 Å². The van der Waals surface area contributed by atoms with Gasteiger partial charge >= 0.3 is 5.63 Å². The topological polar surface area (TPSA) is 43.1 Å². The van der Waals surface area contributed by atoms with Crippen LogP contribution >= 0.6 is 27.5 Å². The van der Waals surface area contributed by atoms with E-state index in [1.807, 2.05) is 24.3 Å². The van der Waals surface area contributed by atoms with Crippen molar-refractivity contribution < 1.29 is 4.42 Å². The van der Waals surface area contributed by atoms with Gasteiger partial charge in [0.05, 0.1) is 10.9 Å². The lowest BCUT2D eigenvalue weighted by Crippen LogP contribution is -2.02. The molecule has 5 heteroatoms. The van der Waals surface area contributed by atoms with Gasteiger partial charge in [0.15, 0.2) is 0 Å². The average Bonchev–Trinajstić information content (AvgIpc) is 2.46. The fourth-order valence-corrected chi connectivity index (χ4v) is 2.47. The molecule has 0 aliphatic rings. The highest BCUT2D eigenvalue weighted by molar-refractivity contribution is 9.08. The normalized spacial score (nSPS) is 10.9. The van der Waals surface area contributed by atoms with Crippen LogP contribution in [0.5, 0.6) is 0 Å². The molecule has 3 rings (SSSR count). The van der Waals surface area contributed by atoms with Gasteiger partial charge in [-0.25, -0.2) is 9.78 Å². The number of alkyl halides is 1. The zero-order valence-corrected chi connectivity index (χ0v) is 12.6. The van der Waals surface area contributed by atoms with Crippen LogP contribution in [0.2, 0.25) is 5.02 Å². The quantitative estimate of drug-likeness (QED) is 0.643. The van der Waals surface area contributed by atoms with E-state index in [-0.39, 0.29) is 0 Å². The van der Waals surface area contributed by atoms with Gasteiger partial charge in [-0.1, -0.05) is 39.7 Å². The predicted octanol–water partition coefficient (Wildman–Crippen LogP) is 4.40. The number of hydrogen-bond donors (Lipinski definition) is 0. The van der Waals surface area contributed by atoms with Crippen LogP contribution in [0.25, 0.3) is 22.4 Å². The van der Waals surface area contributed by atoms with Gasteiger partial charge in [-0.15, -0.1) is 0 Å². The van der Waals surface area contributed by atoms with Crippen molar-refractivity contribution in [2.75, 3.05) is 0 Å². The van der Waals surface area contributed by atoms with Gasteiger partial charge in [-0.3, -0.25) is 0 Å². The van der Waals surface area contributed by atoms with Crippen molar-refractivity contribution in [3.8, 4) is 11.5 Å². The van der Waals surface area contributed by atoms with Crippen molar-refractivity contribution in [1.29, 1.82) is 0 Å². The monoisotopic (exact) mass is 349 g/mol. The zero-order chi connectivity index (χ0) is 14.1. The van der Waals surface area contributed by atoms with Crippen molar-refractivity contribution in [3.05, 3.63) is 63.5 Å². The molecule has 0 unspecified atom stereocenters. The Balaban J connectivity index is 2.23. The van der Waals surface area contributed by atoms with E-state index in [2.05, 4.69) is 20.9 Å². The first-order chi connectivity index (χ1) is 9.67. The highest BCUT2D eigenvalue weighted by Crippen LogP contribution is 2.22. The number of rotatable bonds is 2. The summed E-state index contributed by atoms with van der Waals surface area (Å²) in [7, 11) is 0. The number of benzene rings is 2. The molecule has 0 radical (unpaired) electrons. The summed E-state index contributed by atoms with van der Waals surface area (Å²) in [4.78, 5) is 16.4. The van der Waals surface area contributed by atoms with E-state index in [9.17, 15) is 4.79 Å². The highest BCUT2D eigenvalue weighted by atomic mass is 79.9. The Morgan fingerprint density at radius 3 is 2.85 bits per heavy atom. The van der Waals surface area contributed by atoms with Gasteiger partial charge < -0.3 is 4.42 Å². The molecule has 0 N–H and O–H groups in total. The molecule has 0 fully saturated rings. The molecule has 0 aliphatic carbocycles. The van der Waals surface area contributed by atoms with Crippen LogP contribution in [-0.2, 0) is 5.33 Å². The molecule has 0 atom stereocenters. The molecule has 0 aliphatic heterocycles. The molecule has 0 spiro atoms. The van der Waals surface area contributed by atoms with Crippen LogP contribution in [-0.4, -0.2) is 4.98 Å². The third-order valence-electron chi connectivity index (χ3n) is 2.92. The minimum absolute atomic E-state index is 0.299. The summed E-state index contributed by atoms with van der Waals surface area (Å²) in [6, 6.07) is 12.6. The van der Waals surface area contributed by atoms with Gasteiger partial charge in [-0.05, 0) is 35.9 Å². The van der Waals surface area contributed by atoms with Crippen LogP contribution in [0.1, 0.15) is 5.56 Å². The van der Waals surface area contributed by atoms with Crippen molar-refractivity contribution in [3.63, 3.8) is 0 Å². The molecule has 0 saturated heterocycles. The number of fused-ring (bicyclic) bond motifs is 1. The van der Waals surface area contributed by atoms with E-state index >= 15 is 0 Å². The molecular weight excluding hydrogens is 342 g/mol. The second kappa shape index (κ2) is 5.38. The molecule has 0 saturated carbocycles. The first-order valence-electron chi connectivity index (χ1n) is 5.93. The van der Waals surface area contributed by atoms with E-state index in [4.69, 9.17) is 16.0 Å². The SMILES string of the molecule is O=c1oc(-c2cccc(CBr)c2)nc2cc(Cl)ccc12. The van der Waals surface area contributed by atoms with E-state index in [0.717, 1.165) is 16.5 Å². The lowest BCUT2D eigenvalue weighted by atomic mass is 10.1.